The number of methoxy groups -OCH3 is 2. The summed E-state index contributed by atoms with van der Waals surface area (Å²) in [7, 11) is 3.13. The average molecular weight is 409 g/mol. The van der Waals surface area contributed by atoms with Gasteiger partial charge in [-0.1, -0.05) is 0 Å². The van der Waals surface area contributed by atoms with Crippen molar-refractivity contribution in [1.29, 1.82) is 0 Å². The van der Waals surface area contributed by atoms with Gasteiger partial charge in [-0.05, 0) is 44.9 Å². The van der Waals surface area contributed by atoms with E-state index in [0.29, 0.717) is 42.3 Å². The van der Waals surface area contributed by atoms with Gasteiger partial charge in [0.15, 0.2) is 11.5 Å². The van der Waals surface area contributed by atoms with Crippen molar-refractivity contribution in [3.05, 3.63) is 17.4 Å². The lowest BCUT2D eigenvalue weighted by atomic mass is 10.0. The molecule has 1 aliphatic rings. The third kappa shape index (κ3) is 3.73. The van der Waals surface area contributed by atoms with Gasteiger partial charge in [-0.2, -0.15) is 4.98 Å². The summed E-state index contributed by atoms with van der Waals surface area (Å²) < 4.78 is 10.8. The summed E-state index contributed by atoms with van der Waals surface area (Å²) in [4.78, 5) is 24.1. The maximum absolute atomic E-state index is 11.8. The van der Waals surface area contributed by atoms with E-state index in [1.807, 2.05) is 31.7 Å². The molecule has 1 atom stereocenters. The van der Waals surface area contributed by atoms with Gasteiger partial charge in [-0.15, -0.1) is 0 Å². The normalized spacial score (nSPS) is 17.1. The summed E-state index contributed by atoms with van der Waals surface area (Å²) in [6.45, 7) is 6.90. The van der Waals surface area contributed by atoms with E-state index in [0.717, 1.165) is 5.39 Å². The van der Waals surface area contributed by atoms with Crippen LogP contribution in [0, 0.1) is 0 Å². The Kier molecular flexibility index (Phi) is 5.43. The summed E-state index contributed by atoms with van der Waals surface area (Å²) in [6.07, 6.45) is -0.212. The van der Waals surface area contributed by atoms with E-state index in [-0.39, 0.29) is 11.3 Å². The number of rotatable bonds is 4. The van der Waals surface area contributed by atoms with E-state index < -0.39 is 11.6 Å². The van der Waals surface area contributed by atoms with Gasteiger partial charge in [-0.25, -0.2) is 9.78 Å². The predicted octanol–water partition coefficient (Wildman–Crippen LogP) is 3.66. The third-order valence-electron chi connectivity index (χ3n) is 4.91. The zero-order valence-electron chi connectivity index (χ0n) is 16.7. The second-order valence-electron chi connectivity index (χ2n) is 7.75. The minimum atomic E-state index is -0.920. The number of halogens is 1. The van der Waals surface area contributed by atoms with Crippen molar-refractivity contribution in [3.63, 3.8) is 0 Å². The number of hydrogen-bond acceptors (Lipinski definition) is 6. The quantitative estimate of drug-likeness (QED) is 0.772. The molecule has 9 heteroatoms. The highest BCUT2D eigenvalue weighted by Gasteiger charge is 2.38. The van der Waals surface area contributed by atoms with Crippen LogP contribution >= 0.6 is 11.6 Å². The number of aromatic nitrogens is 2. The van der Waals surface area contributed by atoms with Crippen LogP contribution in [0.15, 0.2) is 12.1 Å². The SMILES string of the molecule is COc1cc2nc(Cl)nc(N3CC[C@H](N(C(=O)O)C(C)(C)C)C3)c2cc1OC. The van der Waals surface area contributed by atoms with Crippen LogP contribution in [0.5, 0.6) is 11.5 Å². The molecule has 1 N–H and O–H groups in total. The highest BCUT2D eigenvalue weighted by Crippen LogP contribution is 2.37. The molecule has 1 aromatic heterocycles. The lowest BCUT2D eigenvalue weighted by Crippen LogP contribution is -2.52. The number of nitrogens with zero attached hydrogens (tertiary/aromatic N) is 4. The van der Waals surface area contributed by atoms with Crippen molar-refractivity contribution in [1.82, 2.24) is 14.9 Å². The Hall–Kier alpha value is -2.48. The Morgan fingerprint density at radius 3 is 2.46 bits per heavy atom. The molecule has 2 heterocycles. The summed E-state index contributed by atoms with van der Waals surface area (Å²) in [5.74, 6) is 1.79. The average Bonchev–Trinajstić information content (AvgIpc) is 3.07. The molecule has 1 amide bonds. The van der Waals surface area contributed by atoms with Crippen LogP contribution in [0.2, 0.25) is 5.28 Å². The number of anilines is 1. The van der Waals surface area contributed by atoms with E-state index in [4.69, 9.17) is 21.1 Å². The topological polar surface area (TPSA) is 88.0 Å². The molecule has 2 aromatic rings. The van der Waals surface area contributed by atoms with Crippen LogP contribution in [-0.4, -0.2) is 65.0 Å². The first kappa shape index (κ1) is 20.3. The molecule has 1 aliphatic heterocycles. The fourth-order valence-corrected chi connectivity index (χ4v) is 3.96. The van der Waals surface area contributed by atoms with Crippen LogP contribution < -0.4 is 14.4 Å². The van der Waals surface area contributed by atoms with Crippen molar-refractivity contribution >= 4 is 34.4 Å². The monoisotopic (exact) mass is 408 g/mol. The van der Waals surface area contributed by atoms with Crippen LogP contribution in [0.1, 0.15) is 27.2 Å². The van der Waals surface area contributed by atoms with Gasteiger partial charge < -0.3 is 19.5 Å². The summed E-state index contributed by atoms with van der Waals surface area (Å²) in [5, 5.41) is 10.6. The van der Waals surface area contributed by atoms with Gasteiger partial charge in [0.2, 0.25) is 5.28 Å². The molecule has 0 bridgehead atoms. The number of hydrogen-bond donors (Lipinski definition) is 1. The van der Waals surface area contributed by atoms with Gasteiger partial charge in [0.25, 0.3) is 0 Å². The van der Waals surface area contributed by atoms with Crippen molar-refractivity contribution in [2.45, 2.75) is 38.8 Å². The van der Waals surface area contributed by atoms with Gasteiger partial charge in [-0.3, -0.25) is 4.90 Å². The highest BCUT2D eigenvalue weighted by molar-refractivity contribution is 6.28. The maximum Gasteiger partial charge on any atom is 0.408 e. The van der Waals surface area contributed by atoms with Crippen LogP contribution in [-0.2, 0) is 0 Å². The Balaban J connectivity index is 2.01. The number of carboxylic acid groups (broad SMARTS) is 1. The van der Waals surface area contributed by atoms with E-state index in [1.165, 1.54) is 4.90 Å². The minimum Gasteiger partial charge on any atom is -0.493 e. The standard InChI is InChI=1S/C19H25ClN4O4/c1-19(2,3)24(18(25)26)11-6-7-23(10-11)16-12-8-14(27-4)15(28-5)9-13(12)21-17(20)22-16/h8-9,11H,6-7,10H2,1-5H3,(H,25,26)/t11-/m0/s1. The molecular weight excluding hydrogens is 384 g/mol. The Morgan fingerprint density at radius 1 is 1.25 bits per heavy atom. The molecule has 28 heavy (non-hydrogen) atoms. The number of fused-ring (bicyclic) bond motifs is 1. The molecule has 1 fully saturated rings. The zero-order valence-corrected chi connectivity index (χ0v) is 17.4. The molecule has 0 spiro atoms. The van der Waals surface area contributed by atoms with Gasteiger partial charge in [0.1, 0.15) is 5.82 Å². The Bertz CT molecular complexity index is 900. The second-order valence-corrected chi connectivity index (χ2v) is 8.09. The molecular formula is C19H25ClN4O4. The van der Waals surface area contributed by atoms with Crippen LogP contribution in [0.25, 0.3) is 10.9 Å². The van der Waals surface area contributed by atoms with E-state index in [9.17, 15) is 9.90 Å². The van der Waals surface area contributed by atoms with Crippen LogP contribution in [0.3, 0.4) is 0 Å². The molecule has 0 aliphatic carbocycles. The fraction of sp³-hybridized carbons (Fsp3) is 0.526. The van der Waals surface area contributed by atoms with Gasteiger partial charge in [0, 0.05) is 30.1 Å². The van der Waals surface area contributed by atoms with Crippen molar-refractivity contribution in [2.24, 2.45) is 0 Å². The third-order valence-corrected chi connectivity index (χ3v) is 5.08. The highest BCUT2D eigenvalue weighted by atomic mass is 35.5. The molecule has 0 radical (unpaired) electrons. The van der Waals surface area contributed by atoms with E-state index >= 15 is 0 Å². The summed E-state index contributed by atoms with van der Waals surface area (Å²) >= 11 is 6.17. The lowest BCUT2D eigenvalue weighted by molar-refractivity contribution is 0.0763. The molecule has 8 nitrogen and oxygen atoms in total. The largest absolute Gasteiger partial charge is 0.493 e. The first-order valence-corrected chi connectivity index (χ1v) is 9.40. The molecule has 0 saturated carbocycles. The first-order valence-electron chi connectivity index (χ1n) is 9.02. The molecule has 1 aromatic carbocycles. The number of benzene rings is 1. The number of ether oxygens (including phenoxy) is 2. The molecule has 1 saturated heterocycles. The smallest absolute Gasteiger partial charge is 0.408 e. The maximum atomic E-state index is 11.8. The van der Waals surface area contributed by atoms with Gasteiger partial charge >= 0.3 is 6.09 Å². The molecule has 152 valence electrons. The van der Waals surface area contributed by atoms with Crippen molar-refractivity contribution < 1.29 is 19.4 Å². The Morgan fingerprint density at radius 2 is 1.89 bits per heavy atom. The second kappa shape index (κ2) is 7.50. The zero-order chi connectivity index (χ0) is 20.6. The van der Waals surface area contributed by atoms with E-state index in [2.05, 4.69) is 9.97 Å². The van der Waals surface area contributed by atoms with Crippen molar-refractivity contribution in [2.75, 3.05) is 32.2 Å². The minimum absolute atomic E-state index is 0.129. The lowest BCUT2D eigenvalue weighted by Gasteiger charge is -2.38. The summed E-state index contributed by atoms with van der Waals surface area (Å²) in [5.41, 5.74) is 0.149. The fourth-order valence-electron chi connectivity index (χ4n) is 3.79. The first-order chi connectivity index (χ1) is 13.2. The summed E-state index contributed by atoms with van der Waals surface area (Å²) in [6, 6.07) is 3.45. The predicted molar refractivity (Wildman–Crippen MR) is 108 cm³/mol. The van der Waals surface area contributed by atoms with Crippen LogP contribution in [0.4, 0.5) is 10.6 Å². The number of carbonyl (C=O) groups is 1. The molecule has 3 rings (SSSR count). The van der Waals surface area contributed by atoms with Gasteiger partial charge in [0.05, 0.1) is 25.8 Å². The number of amides is 1. The molecule has 0 unspecified atom stereocenters. The van der Waals surface area contributed by atoms with Crippen molar-refractivity contribution in [3.8, 4) is 11.5 Å². The Labute approximate surface area is 169 Å². The van der Waals surface area contributed by atoms with E-state index in [1.54, 1.807) is 20.3 Å².